The van der Waals surface area contributed by atoms with E-state index in [1.807, 2.05) is 6.92 Å². The Labute approximate surface area is 137 Å². The van der Waals surface area contributed by atoms with Gasteiger partial charge in [-0.1, -0.05) is 12.1 Å². The lowest BCUT2D eigenvalue weighted by Crippen LogP contribution is -2.42. The first kappa shape index (κ1) is 16.4. The van der Waals surface area contributed by atoms with Crippen LogP contribution in [0.25, 0.3) is 10.6 Å². The second-order valence-electron chi connectivity index (χ2n) is 5.63. The maximum Gasteiger partial charge on any atom is 0.416 e. The number of aromatic nitrogens is 1. The van der Waals surface area contributed by atoms with Gasteiger partial charge < -0.3 is 5.32 Å². The van der Waals surface area contributed by atoms with Crippen LogP contribution in [0, 0.1) is 6.92 Å². The Balaban J connectivity index is 1.77. The third-order valence-corrected chi connectivity index (χ3v) is 5.12. The van der Waals surface area contributed by atoms with Gasteiger partial charge in [0.2, 0.25) is 0 Å². The molecule has 1 fully saturated rings. The molecule has 0 spiro atoms. The molecule has 1 N–H and O–H groups in total. The van der Waals surface area contributed by atoms with Crippen molar-refractivity contribution in [2.24, 2.45) is 0 Å². The molecule has 1 aromatic heterocycles. The molecule has 0 amide bonds. The molecular formula is C16H18F3N3S. The topological polar surface area (TPSA) is 28.2 Å². The van der Waals surface area contributed by atoms with E-state index >= 15 is 0 Å². The molecule has 3 nitrogen and oxygen atoms in total. The summed E-state index contributed by atoms with van der Waals surface area (Å²) in [6.45, 7) is 6.81. The average molecular weight is 341 g/mol. The fourth-order valence-electron chi connectivity index (χ4n) is 2.57. The predicted octanol–water partition coefficient (Wildman–Crippen LogP) is 3.54. The second kappa shape index (κ2) is 6.59. The maximum absolute atomic E-state index is 12.6. The molecule has 2 aromatic rings. The third kappa shape index (κ3) is 3.91. The number of nitrogens with zero attached hydrogens (tertiary/aromatic N) is 2. The van der Waals surface area contributed by atoms with Crippen molar-refractivity contribution < 1.29 is 13.2 Å². The van der Waals surface area contributed by atoms with E-state index in [-0.39, 0.29) is 0 Å². The summed E-state index contributed by atoms with van der Waals surface area (Å²) < 4.78 is 37.9. The van der Waals surface area contributed by atoms with Crippen LogP contribution in [0.2, 0.25) is 0 Å². The van der Waals surface area contributed by atoms with Gasteiger partial charge in [-0.25, -0.2) is 4.98 Å². The molecule has 1 aliphatic rings. The van der Waals surface area contributed by atoms with Gasteiger partial charge in [0.05, 0.1) is 11.3 Å². The van der Waals surface area contributed by atoms with Crippen LogP contribution in [-0.2, 0) is 12.7 Å². The second-order valence-corrected chi connectivity index (χ2v) is 6.71. The first-order valence-electron chi connectivity index (χ1n) is 7.50. The smallest absolute Gasteiger partial charge is 0.314 e. The summed E-state index contributed by atoms with van der Waals surface area (Å²) in [5.41, 5.74) is 1.07. The van der Waals surface area contributed by atoms with Gasteiger partial charge in [-0.05, 0) is 19.1 Å². The van der Waals surface area contributed by atoms with Gasteiger partial charge in [0, 0.05) is 43.2 Å². The Kier molecular flexibility index (Phi) is 4.70. The summed E-state index contributed by atoms with van der Waals surface area (Å²) in [5.74, 6) is 0. The molecule has 0 atom stereocenters. The van der Waals surface area contributed by atoms with Crippen molar-refractivity contribution in [3.8, 4) is 10.6 Å². The minimum atomic E-state index is -4.30. The van der Waals surface area contributed by atoms with Crippen LogP contribution in [0.5, 0.6) is 0 Å². The van der Waals surface area contributed by atoms with E-state index in [1.54, 1.807) is 11.3 Å². The van der Waals surface area contributed by atoms with Crippen molar-refractivity contribution in [3.63, 3.8) is 0 Å². The van der Waals surface area contributed by atoms with E-state index in [2.05, 4.69) is 15.2 Å². The molecule has 1 aliphatic heterocycles. The molecule has 3 rings (SSSR count). The fraction of sp³-hybridized carbons (Fsp3) is 0.438. The number of benzene rings is 1. The molecule has 0 saturated carbocycles. The van der Waals surface area contributed by atoms with Gasteiger partial charge >= 0.3 is 6.18 Å². The number of piperazine rings is 1. The molecule has 1 saturated heterocycles. The SMILES string of the molecule is Cc1nc(-c2ccc(C(F)(F)F)cc2)sc1CN1CCNCC1. The first-order valence-corrected chi connectivity index (χ1v) is 8.32. The summed E-state index contributed by atoms with van der Waals surface area (Å²) >= 11 is 1.57. The largest absolute Gasteiger partial charge is 0.416 e. The molecule has 0 bridgehead atoms. The Morgan fingerprint density at radius 1 is 1.17 bits per heavy atom. The van der Waals surface area contributed by atoms with Gasteiger partial charge in [0.1, 0.15) is 5.01 Å². The molecule has 0 unspecified atom stereocenters. The fourth-order valence-corrected chi connectivity index (χ4v) is 3.68. The maximum atomic E-state index is 12.6. The minimum Gasteiger partial charge on any atom is -0.314 e. The van der Waals surface area contributed by atoms with E-state index in [1.165, 1.54) is 17.0 Å². The third-order valence-electron chi connectivity index (χ3n) is 3.93. The monoisotopic (exact) mass is 341 g/mol. The standard InChI is InChI=1S/C16H18F3N3S/c1-11-14(10-22-8-6-20-7-9-22)23-15(21-11)12-2-4-13(5-3-12)16(17,18)19/h2-5,20H,6-10H2,1H3. The number of rotatable bonds is 3. The van der Waals surface area contributed by atoms with Crippen LogP contribution in [0.3, 0.4) is 0 Å². The zero-order chi connectivity index (χ0) is 16.4. The summed E-state index contributed by atoms with van der Waals surface area (Å²) in [6, 6.07) is 5.22. The molecule has 124 valence electrons. The van der Waals surface area contributed by atoms with Crippen LogP contribution in [0.15, 0.2) is 24.3 Å². The van der Waals surface area contributed by atoms with Crippen molar-refractivity contribution in [3.05, 3.63) is 40.4 Å². The van der Waals surface area contributed by atoms with Crippen molar-refractivity contribution in [1.29, 1.82) is 0 Å². The highest BCUT2D eigenvalue weighted by molar-refractivity contribution is 7.15. The van der Waals surface area contributed by atoms with E-state index < -0.39 is 11.7 Å². The van der Waals surface area contributed by atoms with Crippen molar-refractivity contribution in [1.82, 2.24) is 15.2 Å². The van der Waals surface area contributed by atoms with Crippen molar-refractivity contribution >= 4 is 11.3 Å². The van der Waals surface area contributed by atoms with Crippen molar-refractivity contribution in [2.75, 3.05) is 26.2 Å². The van der Waals surface area contributed by atoms with E-state index in [0.29, 0.717) is 0 Å². The molecule has 7 heteroatoms. The molecule has 23 heavy (non-hydrogen) atoms. The number of hydrogen-bond acceptors (Lipinski definition) is 4. The lowest BCUT2D eigenvalue weighted by molar-refractivity contribution is -0.137. The Morgan fingerprint density at radius 3 is 2.43 bits per heavy atom. The molecule has 0 aliphatic carbocycles. The van der Waals surface area contributed by atoms with E-state index in [0.717, 1.165) is 61.1 Å². The summed E-state index contributed by atoms with van der Waals surface area (Å²) in [7, 11) is 0. The normalized spacial score (nSPS) is 16.7. The van der Waals surface area contributed by atoms with E-state index in [9.17, 15) is 13.2 Å². The number of aryl methyl sites for hydroxylation is 1. The number of hydrogen-bond donors (Lipinski definition) is 1. The highest BCUT2D eigenvalue weighted by Gasteiger charge is 2.30. The zero-order valence-corrected chi connectivity index (χ0v) is 13.6. The molecule has 0 radical (unpaired) electrons. The Bertz CT molecular complexity index is 658. The van der Waals surface area contributed by atoms with Crippen LogP contribution < -0.4 is 5.32 Å². The van der Waals surface area contributed by atoms with Crippen LogP contribution in [-0.4, -0.2) is 36.1 Å². The number of thiazole rings is 1. The minimum absolute atomic E-state index is 0.629. The predicted molar refractivity (Wildman–Crippen MR) is 85.4 cm³/mol. The lowest BCUT2D eigenvalue weighted by atomic mass is 10.1. The Morgan fingerprint density at radius 2 is 1.83 bits per heavy atom. The van der Waals surface area contributed by atoms with E-state index in [4.69, 9.17) is 0 Å². The van der Waals surface area contributed by atoms with Gasteiger partial charge in [0.15, 0.2) is 0 Å². The quantitative estimate of drug-likeness (QED) is 0.925. The van der Waals surface area contributed by atoms with Crippen LogP contribution in [0.4, 0.5) is 13.2 Å². The highest BCUT2D eigenvalue weighted by Crippen LogP contribution is 2.33. The number of alkyl halides is 3. The molecule has 2 heterocycles. The Hall–Kier alpha value is -1.44. The zero-order valence-electron chi connectivity index (χ0n) is 12.8. The summed E-state index contributed by atoms with van der Waals surface area (Å²) in [6.07, 6.45) is -4.30. The molecule has 1 aromatic carbocycles. The van der Waals surface area contributed by atoms with Gasteiger partial charge in [-0.15, -0.1) is 11.3 Å². The van der Waals surface area contributed by atoms with Gasteiger partial charge in [-0.2, -0.15) is 13.2 Å². The summed E-state index contributed by atoms with van der Waals surface area (Å²) in [4.78, 5) is 8.08. The first-order chi connectivity index (χ1) is 10.9. The number of halogens is 3. The van der Waals surface area contributed by atoms with Gasteiger partial charge in [0.25, 0.3) is 0 Å². The number of nitrogens with one attached hydrogen (secondary N) is 1. The van der Waals surface area contributed by atoms with Crippen LogP contribution >= 0.6 is 11.3 Å². The van der Waals surface area contributed by atoms with Crippen molar-refractivity contribution in [2.45, 2.75) is 19.6 Å². The highest BCUT2D eigenvalue weighted by atomic mass is 32.1. The van der Waals surface area contributed by atoms with Gasteiger partial charge in [-0.3, -0.25) is 4.90 Å². The lowest BCUT2D eigenvalue weighted by Gasteiger charge is -2.26. The average Bonchev–Trinajstić information content (AvgIpc) is 2.89. The molecular weight excluding hydrogens is 323 g/mol. The summed E-state index contributed by atoms with van der Waals surface area (Å²) in [5, 5.41) is 4.10. The van der Waals surface area contributed by atoms with Crippen LogP contribution in [0.1, 0.15) is 16.1 Å².